The summed E-state index contributed by atoms with van der Waals surface area (Å²) in [7, 11) is 0. The zero-order chi connectivity index (χ0) is 21.4. The van der Waals surface area contributed by atoms with Gasteiger partial charge in [0.05, 0.1) is 11.3 Å². The maximum Gasteiger partial charge on any atom is 0.282 e. The minimum Gasteiger partial charge on any atom is -0.486 e. The van der Waals surface area contributed by atoms with Crippen molar-refractivity contribution in [2.45, 2.75) is 0 Å². The Hall–Kier alpha value is -4.13. The first kappa shape index (κ1) is 18.9. The molecule has 0 radical (unpaired) electrons. The van der Waals surface area contributed by atoms with E-state index >= 15 is 0 Å². The number of ether oxygens (including phenoxy) is 2. The van der Waals surface area contributed by atoms with Gasteiger partial charge in [-0.1, -0.05) is 36.4 Å². The normalized spacial score (nSPS) is 15.5. The van der Waals surface area contributed by atoms with E-state index in [1.54, 1.807) is 48.5 Å². The zero-order valence-corrected chi connectivity index (χ0v) is 16.3. The SMILES string of the molecule is O=C1C(Nc2cccc(F)c2)=C(c2ccccc2)C(=O)N1c1ccc2c(c1)OCCO2. The van der Waals surface area contributed by atoms with Crippen LogP contribution in [-0.2, 0) is 9.59 Å². The molecule has 0 saturated heterocycles. The highest BCUT2D eigenvalue weighted by molar-refractivity contribution is 6.46. The molecule has 2 aliphatic heterocycles. The van der Waals surface area contributed by atoms with Crippen LogP contribution in [0.5, 0.6) is 11.5 Å². The third-order valence-electron chi connectivity index (χ3n) is 5.02. The molecule has 3 aromatic rings. The van der Waals surface area contributed by atoms with Crippen molar-refractivity contribution >= 4 is 28.8 Å². The number of rotatable bonds is 4. The fraction of sp³-hybridized carbons (Fsp3) is 0.0833. The minimum atomic E-state index is -0.537. The van der Waals surface area contributed by atoms with Crippen molar-refractivity contribution in [3.8, 4) is 11.5 Å². The molecule has 1 N–H and O–H groups in total. The second-order valence-electron chi connectivity index (χ2n) is 7.03. The molecule has 5 rings (SSSR count). The van der Waals surface area contributed by atoms with E-state index in [1.165, 1.54) is 18.2 Å². The zero-order valence-electron chi connectivity index (χ0n) is 16.3. The smallest absolute Gasteiger partial charge is 0.282 e. The van der Waals surface area contributed by atoms with Crippen molar-refractivity contribution in [2.24, 2.45) is 0 Å². The lowest BCUT2D eigenvalue weighted by Crippen LogP contribution is -2.32. The molecule has 0 fully saturated rings. The number of hydrogen-bond donors (Lipinski definition) is 1. The van der Waals surface area contributed by atoms with Gasteiger partial charge in [-0.05, 0) is 35.9 Å². The summed E-state index contributed by atoms with van der Waals surface area (Å²) >= 11 is 0. The second kappa shape index (κ2) is 7.60. The number of fused-ring (bicyclic) bond motifs is 1. The van der Waals surface area contributed by atoms with E-state index in [1.807, 2.05) is 6.07 Å². The molecule has 31 heavy (non-hydrogen) atoms. The molecule has 2 heterocycles. The number of hydrogen-bond acceptors (Lipinski definition) is 5. The third kappa shape index (κ3) is 3.40. The summed E-state index contributed by atoms with van der Waals surface area (Å²) in [5.41, 5.74) is 1.61. The van der Waals surface area contributed by atoms with Crippen molar-refractivity contribution in [1.29, 1.82) is 0 Å². The molecule has 6 nitrogen and oxygen atoms in total. The summed E-state index contributed by atoms with van der Waals surface area (Å²) in [6, 6.07) is 19.5. The van der Waals surface area contributed by atoms with Crippen LogP contribution in [0.2, 0.25) is 0 Å². The molecule has 0 unspecified atom stereocenters. The molecule has 0 atom stereocenters. The highest BCUT2D eigenvalue weighted by Gasteiger charge is 2.40. The summed E-state index contributed by atoms with van der Waals surface area (Å²) in [5, 5.41) is 2.94. The van der Waals surface area contributed by atoms with Crippen molar-refractivity contribution in [3.63, 3.8) is 0 Å². The van der Waals surface area contributed by atoms with Crippen LogP contribution in [0.4, 0.5) is 15.8 Å². The van der Waals surface area contributed by atoms with Gasteiger partial charge in [0.15, 0.2) is 11.5 Å². The van der Waals surface area contributed by atoms with E-state index in [0.717, 1.165) is 4.90 Å². The summed E-state index contributed by atoms with van der Waals surface area (Å²) in [4.78, 5) is 27.9. The lowest BCUT2D eigenvalue weighted by molar-refractivity contribution is -0.120. The van der Waals surface area contributed by atoms with Gasteiger partial charge in [0.25, 0.3) is 11.8 Å². The number of carbonyl (C=O) groups excluding carboxylic acids is 2. The van der Waals surface area contributed by atoms with Gasteiger partial charge in [-0.25, -0.2) is 9.29 Å². The Balaban J connectivity index is 1.58. The molecule has 0 aromatic heterocycles. The molecule has 154 valence electrons. The largest absolute Gasteiger partial charge is 0.486 e. The third-order valence-corrected chi connectivity index (χ3v) is 5.02. The maximum absolute atomic E-state index is 13.7. The molecular weight excluding hydrogens is 399 g/mol. The van der Waals surface area contributed by atoms with Gasteiger partial charge >= 0.3 is 0 Å². The molecule has 0 aliphatic carbocycles. The van der Waals surface area contributed by atoms with E-state index < -0.39 is 17.6 Å². The van der Waals surface area contributed by atoms with Gasteiger partial charge < -0.3 is 14.8 Å². The van der Waals surface area contributed by atoms with Gasteiger partial charge in [0.1, 0.15) is 24.7 Å². The Morgan fingerprint density at radius 3 is 2.35 bits per heavy atom. The van der Waals surface area contributed by atoms with Crippen molar-refractivity contribution in [1.82, 2.24) is 0 Å². The highest BCUT2D eigenvalue weighted by atomic mass is 19.1. The van der Waals surface area contributed by atoms with Crippen LogP contribution in [-0.4, -0.2) is 25.0 Å². The molecule has 3 aromatic carbocycles. The standard InChI is InChI=1S/C24H17FN2O4/c25-16-7-4-8-17(13-16)26-22-21(15-5-2-1-3-6-15)23(28)27(24(22)29)18-9-10-19-20(14-18)31-12-11-30-19/h1-10,13-14,26H,11-12H2. The van der Waals surface area contributed by atoms with Crippen LogP contribution in [0.1, 0.15) is 5.56 Å². The van der Waals surface area contributed by atoms with Gasteiger partial charge in [-0.2, -0.15) is 0 Å². The Labute approximate surface area is 177 Å². The van der Waals surface area contributed by atoms with E-state index in [4.69, 9.17) is 9.47 Å². The lowest BCUT2D eigenvalue weighted by atomic mass is 10.0. The van der Waals surface area contributed by atoms with Crippen LogP contribution >= 0.6 is 0 Å². The van der Waals surface area contributed by atoms with Gasteiger partial charge in [0.2, 0.25) is 0 Å². The quantitative estimate of drug-likeness (QED) is 0.652. The number of halogens is 1. The molecule has 0 bridgehead atoms. The number of nitrogens with one attached hydrogen (secondary N) is 1. The van der Waals surface area contributed by atoms with Crippen LogP contribution in [0.3, 0.4) is 0 Å². The van der Waals surface area contributed by atoms with E-state index in [9.17, 15) is 14.0 Å². The fourth-order valence-electron chi connectivity index (χ4n) is 3.63. The highest BCUT2D eigenvalue weighted by Crippen LogP contribution is 2.38. The predicted molar refractivity (Wildman–Crippen MR) is 113 cm³/mol. The lowest BCUT2D eigenvalue weighted by Gasteiger charge is -2.21. The Kier molecular flexibility index (Phi) is 4.63. The summed E-state index contributed by atoms with van der Waals surface area (Å²) in [6.45, 7) is 0.827. The average Bonchev–Trinajstić information content (AvgIpc) is 3.03. The van der Waals surface area contributed by atoms with Gasteiger partial charge in [0, 0.05) is 11.8 Å². The first-order chi connectivity index (χ1) is 15.1. The molecule has 0 saturated carbocycles. The monoisotopic (exact) mass is 416 g/mol. The number of anilines is 2. The molecule has 0 spiro atoms. The first-order valence-corrected chi connectivity index (χ1v) is 9.72. The van der Waals surface area contributed by atoms with Crippen molar-refractivity contribution in [3.05, 3.63) is 89.9 Å². The summed E-state index contributed by atoms with van der Waals surface area (Å²) < 4.78 is 24.8. The topological polar surface area (TPSA) is 67.9 Å². The first-order valence-electron chi connectivity index (χ1n) is 9.72. The van der Waals surface area contributed by atoms with Crippen LogP contribution < -0.4 is 19.7 Å². The van der Waals surface area contributed by atoms with E-state index in [0.29, 0.717) is 41.7 Å². The number of carbonyl (C=O) groups is 2. The van der Waals surface area contributed by atoms with Crippen LogP contribution in [0.25, 0.3) is 5.57 Å². The van der Waals surface area contributed by atoms with Gasteiger partial charge in [-0.3, -0.25) is 9.59 Å². The summed E-state index contributed by atoms with van der Waals surface area (Å²) in [6.07, 6.45) is 0. The summed E-state index contributed by atoms with van der Waals surface area (Å²) in [5.74, 6) is -0.440. The van der Waals surface area contributed by atoms with E-state index in [-0.39, 0.29) is 11.3 Å². The minimum absolute atomic E-state index is 0.0803. The van der Waals surface area contributed by atoms with Crippen LogP contribution in [0.15, 0.2) is 78.5 Å². The maximum atomic E-state index is 13.7. The number of amides is 2. The number of imide groups is 1. The molecule has 2 aliphatic rings. The number of benzene rings is 3. The van der Waals surface area contributed by atoms with Crippen LogP contribution in [0, 0.1) is 5.82 Å². The fourth-order valence-corrected chi connectivity index (χ4v) is 3.63. The molecular formula is C24H17FN2O4. The Morgan fingerprint density at radius 2 is 1.58 bits per heavy atom. The second-order valence-corrected chi connectivity index (χ2v) is 7.03. The Morgan fingerprint density at radius 1 is 0.806 bits per heavy atom. The average molecular weight is 416 g/mol. The van der Waals surface area contributed by atoms with Crippen molar-refractivity contribution < 1.29 is 23.5 Å². The molecule has 2 amide bonds. The van der Waals surface area contributed by atoms with E-state index in [2.05, 4.69) is 5.32 Å². The molecule has 7 heteroatoms. The van der Waals surface area contributed by atoms with Gasteiger partial charge in [-0.15, -0.1) is 0 Å². The number of nitrogens with zero attached hydrogens (tertiary/aromatic N) is 1. The van der Waals surface area contributed by atoms with Crippen molar-refractivity contribution in [2.75, 3.05) is 23.4 Å². The Bertz CT molecular complexity index is 1220. The predicted octanol–water partition coefficient (Wildman–Crippen LogP) is 3.99.